The van der Waals surface area contributed by atoms with Crippen molar-refractivity contribution < 1.29 is 9.50 Å². The van der Waals surface area contributed by atoms with Crippen molar-refractivity contribution in [1.29, 1.82) is 0 Å². The van der Waals surface area contributed by atoms with Crippen LogP contribution < -0.4 is 0 Å². The second-order valence-corrected chi connectivity index (χ2v) is 2.33. The van der Waals surface area contributed by atoms with Crippen molar-refractivity contribution in [1.82, 2.24) is 0 Å². The maximum Gasteiger partial charge on any atom is 0.136 e. The van der Waals surface area contributed by atoms with E-state index in [4.69, 9.17) is 5.11 Å². The van der Waals surface area contributed by atoms with E-state index in [9.17, 15) is 4.39 Å². The molecule has 52 valence electrons. The normalized spacial score (nSPS) is 15.3. The van der Waals surface area contributed by atoms with Crippen LogP contribution in [0.2, 0.25) is 0 Å². The van der Waals surface area contributed by atoms with Gasteiger partial charge in [-0.1, -0.05) is 6.08 Å². The second-order valence-electron chi connectivity index (χ2n) is 1.54. The first-order valence-corrected chi connectivity index (χ1v) is 3.26. The summed E-state index contributed by atoms with van der Waals surface area (Å²) in [5, 5.41) is 8.67. The van der Waals surface area contributed by atoms with E-state index >= 15 is 0 Å². The van der Waals surface area contributed by atoms with E-state index in [1.165, 1.54) is 13.0 Å². The smallest absolute Gasteiger partial charge is 0.136 e. The standard InChI is InChI=1S/C6H8BrFO/c1-3-5(8)6(7)4(2)9/h3,9H,1-2H3/b5-3+,6-4-. The summed E-state index contributed by atoms with van der Waals surface area (Å²) in [4.78, 5) is 0. The third kappa shape index (κ3) is 2.65. The van der Waals surface area contributed by atoms with Crippen molar-refractivity contribution in [3.8, 4) is 0 Å². The van der Waals surface area contributed by atoms with E-state index in [2.05, 4.69) is 15.9 Å². The molecule has 0 amide bonds. The molecule has 3 heteroatoms. The molecule has 0 saturated carbocycles. The maximum absolute atomic E-state index is 12.4. The topological polar surface area (TPSA) is 20.2 Å². The Morgan fingerprint density at radius 3 is 2.22 bits per heavy atom. The first-order valence-electron chi connectivity index (χ1n) is 2.47. The quantitative estimate of drug-likeness (QED) is 0.503. The fraction of sp³-hybridized carbons (Fsp3) is 0.333. The van der Waals surface area contributed by atoms with Crippen LogP contribution in [0.4, 0.5) is 4.39 Å². The zero-order valence-electron chi connectivity index (χ0n) is 5.28. The Morgan fingerprint density at radius 1 is 1.67 bits per heavy atom. The number of aliphatic hydroxyl groups excluding tert-OH is 1. The molecule has 0 radical (unpaired) electrons. The third-order valence-corrected chi connectivity index (χ3v) is 1.73. The fourth-order valence-electron chi connectivity index (χ4n) is 0.300. The molecule has 0 aromatic carbocycles. The molecule has 0 spiro atoms. The van der Waals surface area contributed by atoms with E-state index in [0.29, 0.717) is 0 Å². The van der Waals surface area contributed by atoms with Crippen molar-refractivity contribution in [2.75, 3.05) is 0 Å². The van der Waals surface area contributed by atoms with Crippen LogP contribution in [-0.4, -0.2) is 5.11 Å². The number of rotatable bonds is 1. The van der Waals surface area contributed by atoms with E-state index in [-0.39, 0.29) is 10.2 Å². The summed E-state index contributed by atoms with van der Waals surface area (Å²) in [5.74, 6) is -0.499. The molecule has 0 saturated heterocycles. The number of aliphatic hydroxyl groups is 1. The average Bonchev–Trinajstić information content (AvgIpc) is 1.84. The molecule has 0 aliphatic carbocycles. The first-order chi connectivity index (χ1) is 4.09. The molecular formula is C6H8BrFO. The summed E-state index contributed by atoms with van der Waals surface area (Å²) in [6.07, 6.45) is 1.27. The second kappa shape index (κ2) is 3.67. The Morgan fingerprint density at radius 2 is 2.11 bits per heavy atom. The molecule has 1 nitrogen and oxygen atoms in total. The van der Waals surface area contributed by atoms with E-state index in [1.807, 2.05) is 0 Å². The van der Waals surface area contributed by atoms with Gasteiger partial charge in [-0.2, -0.15) is 0 Å². The van der Waals surface area contributed by atoms with Crippen LogP contribution in [0.3, 0.4) is 0 Å². The van der Waals surface area contributed by atoms with Crippen molar-refractivity contribution in [3.63, 3.8) is 0 Å². The molecule has 0 aliphatic rings. The van der Waals surface area contributed by atoms with Crippen molar-refractivity contribution in [2.24, 2.45) is 0 Å². The van der Waals surface area contributed by atoms with Crippen LogP contribution in [0.15, 0.2) is 22.1 Å². The molecule has 0 heterocycles. The lowest BCUT2D eigenvalue weighted by atomic mass is 10.4. The molecule has 0 bridgehead atoms. The van der Waals surface area contributed by atoms with Gasteiger partial charge in [0.2, 0.25) is 0 Å². The predicted molar refractivity (Wildman–Crippen MR) is 39.1 cm³/mol. The summed E-state index contributed by atoms with van der Waals surface area (Å²) in [6.45, 7) is 2.96. The van der Waals surface area contributed by atoms with Crippen LogP contribution in [0.25, 0.3) is 0 Å². The van der Waals surface area contributed by atoms with Gasteiger partial charge in [-0.05, 0) is 29.8 Å². The van der Waals surface area contributed by atoms with Gasteiger partial charge in [-0.15, -0.1) is 0 Å². The van der Waals surface area contributed by atoms with Crippen LogP contribution in [0.1, 0.15) is 13.8 Å². The lowest BCUT2D eigenvalue weighted by Crippen LogP contribution is -1.78. The van der Waals surface area contributed by atoms with Gasteiger partial charge in [-0.25, -0.2) is 4.39 Å². The lowest BCUT2D eigenvalue weighted by molar-refractivity contribution is 0.410. The maximum atomic E-state index is 12.4. The number of allylic oxidation sites excluding steroid dienone is 4. The van der Waals surface area contributed by atoms with Gasteiger partial charge in [-0.3, -0.25) is 0 Å². The summed E-state index contributed by atoms with van der Waals surface area (Å²) < 4.78 is 12.5. The number of halogens is 2. The monoisotopic (exact) mass is 194 g/mol. The highest BCUT2D eigenvalue weighted by molar-refractivity contribution is 9.12. The Balaban J connectivity index is 4.40. The molecule has 0 unspecified atom stereocenters. The Bertz CT molecular complexity index is 156. The van der Waals surface area contributed by atoms with Gasteiger partial charge >= 0.3 is 0 Å². The predicted octanol–water partition coefficient (Wildman–Crippen LogP) is 3.04. The number of hydrogen-bond donors (Lipinski definition) is 1. The fourth-order valence-corrected chi connectivity index (χ4v) is 0.528. The van der Waals surface area contributed by atoms with Crippen LogP contribution in [0.5, 0.6) is 0 Å². The average molecular weight is 195 g/mol. The molecule has 9 heavy (non-hydrogen) atoms. The summed E-state index contributed by atoms with van der Waals surface area (Å²) in [6, 6.07) is 0. The number of hydrogen-bond acceptors (Lipinski definition) is 1. The SMILES string of the molecule is C/C=C(F)\C(Br)=C(/C)O. The molecule has 0 aromatic heterocycles. The third-order valence-electron chi connectivity index (χ3n) is 0.781. The van der Waals surface area contributed by atoms with Crippen LogP contribution in [0, 0.1) is 0 Å². The highest BCUT2D eigenvalue weighted by atomic mass is 79.9. The van der Waals surface area contributed by atoms with Gasteiger partial charge in [0.15, 0.2) is 0 Å². The molecule has 0 aromatic rings. The minimum Gasteiger partial charge on any atom is -0.511 e. The molecule has 0 rings (SSSR count). The minimum absolute atomic E-state index is 0.0504. The lowest BCUT2D eigenvalue weighted by Gasteiger charge is -1.93. The molecular weight excluding hydrogens is 187 g/mol. The largest absolute Gasteiger partial charge is 0.511 e. The first kappa shape index (κ1) is 8.69. The summed E-state index contributed by atoms with van der Waals surface area (Å²) >= 11 is 2.85. The Kier molecular flexibility index (Phi) is 3.54. The molecule has 0 atom stereocenters. The van der Waals surface area contributed by atoms with E-state index in [0.717, 1.165) is 0 Å². The van der Waals surface area contributed by atoms with E-state index < -0.39 is 5.83 Å². The Labute approximate surface area is 62.0 Å². The van der Waals surface area contributed by atoms with Gasteiger partial charge < -0.3 is 5.11 Å². The van der Waals surface area contributed by atoms with Crippen LogP contribution in [-0.2, 0) is 0 Å². The van der Waals surface area contributed by atoms with E-state index in [1.54, 1.807) is 6.92 Å². The van der Waals surface area contributed by atoms with Gasteiger partial charge in [0.05, 0.1) is 4.48 Å². The highest BCUT2D eigenvalue weighted by Crippen LogP contribution is 2.20. The van der Waals surface area contributed by atoms with Crippen molar-refractivity contribution in [3.05, 3.63) is 22.1 Å². The van der Waals surface area contributed by atoms with Crippen molar-refractivity contribution >= 4 is 15.9 Å². The van der Waals surface area contributed by atoms with Gasteiger partial charge in [0, 0.05) is 0 Å². The minimum atomic E-state index is -0.449. The highest BCUT2D eigenvalue weighted by Gasteiger charge is 2.00. The molecule has 0 aliphatic heterocycles. The zero-order chi connectivity index (χ0) is 7.44. The van der Waals surface area contributed by atoms with Gasteiger partial charge in [0.25, 0.3) is 0 Å². The van der Waals surface area contributed by atoms with Crippen LogP contribution >= 0.6 is 15.9 Å². The molecule has 1 N–H and O–H groups in total. The summed E-state index contributed by atoms with van der Waals surface area (Å²) in [7, 11) is 0. The summed E-state index contributed by atoms with van der Waals surface area (Å²) in [5.41, 5.74) is 0. The molecule has 0 fully saturated rings. The van der Waals surface area contributed by atoms with Crippen molar-refractivity contribution in [2.45, 2.75) is 13.8 Å². The Hall–Kier alpha value is -0.310. The zero-order valence-corrected chi connectivity index (χ0v) is 6.87. The van der Waals surface area contributed by atoms with Gasteiger partial charge in [0.1, 0.15) is 11.6 Å².